The maximum Gasteiger partial charge on any atom is 0.205 e. The third-order valence-corrected chi connectivity index (χ3v) is 6.00. The van der Waals surface area contributed by atoms with Gasteiger partial charge in [0.15, 0.2) is 11.5 Å². The molecule has 2 heterocycles. The highest BCUT2D eigenvalue weighted by Crippen LogP contribution is 2.41. The van der Waals surface area contributed by atoms with Gasteiger partial charge in [0.2, 0.25) is 11.5 Å². The number of hydrogen-bond acceptors (Lipinski definition) is 7. The molecule has 1 aromatic carbocycles. The first-order valence-corrected chi connectivity index (χ1v) is 9.44. The highest BCUT2D eigenvalue weighted by molar-refractivity contribution is 7.21. The lowest BCUT2D eigenvalue weighted by molar-refractivity contribution is 0.104. The van der Waals surface area contributed by atoms with Crippen molar-refractivity contribution in [2.45, 2.75) is 19.3 Å². The van der Waals surface area contributed by atoms with Crippen molar-refractivity contribution in [1.82, 2.24) is 4.98 Å². The first-order chi connectivity index (χ1) is 13.1. The van der Waals surface area contributed by atoms with E-state index in [0.717, 1.165) is 35.2 Å². The van der Waals surface area contributed by atoms with Gasteiger partial charge >= 0.3 is 0 Å². The van der Waals surface area contributed by atoms with Crippen LogP contribution in [0, 0.1) is 0 Å². The van der Waals surface area contributed by atoms with Crippen LogP contribution >= 0.6 is 11.3 Å². The Balaban J connectivity index is 1.82. The number of benzene rings is 1. The number of ketones is 1. The molecule has 0 unspecified atom stereocenters. The number of rotatable bonds is 5. The van der Waals surface area contributed by atoms with Crippen molar-refractivity contribution >= 4 is 33.0 Å². The van der Waals surface area contributed by atoms with Gasteiger partial charge in [0.1, 0.15) is 9.71 Å². The molecule has 140 valence electrons. The molecule has 0 fully saturated rings. The Hall–Kier alpha value is -2.80. The minimum atomic E-state index is -0.185. The van der Waals surface area contributed by atoms with Gasteiger partial charge in [-0.1, -0.05) is 0 Å². The number of nitrogens with two attached hydrogens (primary N) is 1. The number of fused-ring (bicyclic) bond motifs is 2. The largest absolute Gasteiger partial charge is 0.493 e. The van der Waals surface area contributed by atoms with E-state index in [0.29, 0.717) is 33.4 Å². The highest BCUT2D eigenvalue weighted by atomic mass is 32.1. The molecule has 0 spiro atoms. The van der Waals surface area contributed by atoms with Crippen molar-refractivity contribution in [2.75, 3.05) is 27.1 Å². The van der Waals surface area contributed by atoms with E-state index >= 15 is 0 Å². The van der Waals surface area contributed by atoms with Crippen molar-refractivity contribution in [1.29, 1.82) is 0 Å². The molecular formula is C20H20N2O4S. The third-order valence-electron chi connectivity index (χ3n) is 4.88. The number of ether oxygens (including phenoxy) is 3. The number of methoxy groups -OCH3 is 3. The van der Waals surface area contributed by atoms with Gasteiger partial charge in [-0.3, -0.25) is 4.79 Å². The summed E-state index contributed by atoms with van der Waals surface area (Å²) >= 11 is 1.33. The lowest BCUT2D eigenvalue weighted by Gasteiger charge is -2.13. The molecule has 1 aliphatic carbocycles. The molecule has 0 amide bonds. The van der Waals surface area contributed by atoms with E-state index in [2.05, 4.69) is 6.07 Å². The van der Waals surface area contributed by atoms with Crippen LogP contribution in [-0.4, -0.2) is 32.1 Å². The van der Waals surface area contributed by atoms with Crippen molar-refractivity contribution in [2.24, 2.45) is 0 Å². The van der Waals surface area contributed by atoms with Gasteiger partial charge in [-0.05, 0) is 43.0 Å². The van der Waals surface area contributed by atoms with Gasteiger partial charge in [0.05, 0.1) is 27.0 Å². The van der Waals surface area contributed by atoms with Gasteiger partial charge in [-0.15, -0.1) is 11.3 Å². The SMILES string of the molecule is COc1cc(C(=O)c2sc3nc4c(cc3c2N)CCC4)cc(OC)c1OC. The Bertz CT molecular complexity index is 1030. The summed E-state index contributed by atoms with van der Waals surface area (Å²) in [6.07, 6.45) is 3.12. The molecule has 7 heteroatoms. The quantitative estimate of drug-likeness (QED) is 0.677. The third kappa shape index (κ3) is 2.78. The van der Waals surface area contributed by atoms with Crippen molar-refractivity contribution in [3.63, 3.8) is 0 Å². The normalized spacial score (nSPS) is 12.9. The van der Waals surface area contributed by atoms with Crippen LogP contribution in [0.25, 0.3) is 10.2 Å². The fourth-order valence-electron chi connectivity index (χ4n) is 3.51. The molecule has 0 saturated carbocycles. The number of carbonyl (C=O) groups excluding carboxylic acids is 1. The number of hydrogen-bond donors (Lipinski definition) is 1. The fraction of sp³-hybridized carbons (Fsp3) is 0.300. The van der Waals surface area contributed by atoms with E-state index < -0.39 is 0 Å². The molecule has 4 rings (SSSR count). The van der Waals surface area contributed by atoms with Crippen LogP contribution in [0.15, 0.2) is 18.2 Å². The van der Waals surface area contributed by atoms with Gasteiger partial charge in [0.25, 0.3) is 0 Å². The Labute approximate surface area is 160 Å². The molecule has 0 saturated heterocycles. The summed E-state index contributed by atoms with van der Waals surface area (Å²) in [5.74, 6) is 1.11. The summed E-state index contributed by atoms with van der Waals surface area (Å²) in [6, 6.07) is 5.37. The molecule has 0 atom stereocenters. The molecule has 2 aromatic heterocycles. The van der Waals surface area contributed by atoms with Crippen LogP contribution in [0.4, 0.5) is 5.69 Å². The Morgan fingerprint density at radius 1 is 1.07 bits per heavy atom. The maximum atomic E-state index is 13.2. The van der Waals surface area contributed by atoms with Crippen molar-refractivity contribution < 1.29 is 19.0 Å². The minimum absolute atomic E-state index is 0.185. The number of pyridine rings is 1. The second-order valence-electron chi connectivity index (χ2n) is 6.39. The standard InChI is InChI=1S/C20H20N2O4S/c1-24-14-8-11(9-15(25-2)18(14)26-3)17(23)19-16(21)12-7-10-5-4-6-13(10)22-20(12)27-19/h7-9H,4-6,21H2,1-3H3. The predicted molar refractivity (Wildman–Crippen MR) is 106 cm³/mol. The Kier molecular flexibility index (Phi) is 4.39. The van der Waals surface area contributed by atoms with Gasteiger partial charge < -0.3 is 19.9 Å². The number of thiophene rings is 1. The summed E-state index contributed by atoms with van der Waals surface area (Å²) in [5, 5.41) is 0.858. The van der Waals surface area contributed by atoms with Crippen LogP contribution < -0.4 is 19.9 Å². The molecule has 6 nitrogen and oxygen atoms in total. The lowest BCUT2D eigenvalue weighted by atomic mass is 10.1. The van der Waals surface area contributed by atoms with Crippen LogP contribution in [0.2, 0.25) is 0 Å². The van der Waals surface area contributed by atoms with Crippen molar-refractivity contribution in [3.8, 4) is 17.2 Å². The molecular weight excluding hydrogens is 364 g/mol. The van der Waals surface area contributed by atoms with E-state index in [1.54, 1.807) is 12.1 Å². The summed E-state index contributed by atoms with van der Waals surface area (Å²) in [6.45, 7) is 0. The topological polar surface area (TPSA) is 83.7 Å². The van der Waals surface area contributed by atoms with E-state index in [9.17, 15) is 4.79 Å². The van der Waals surface area contributed by atoms with E-state index in [4.69, 9.17) is 24.9 Å². The molecule has 0 aliphatic heterocycles. The lowest BCUT2D eigenvalue weighted by Crippen LogP contribution is -2.04. The number of aromatic nitrogens is 1. The van der Waals surface area contributed by atoms with Crippen LogP contribution in [0.1, 0.15) is 32.9 Å². The van der Waals surface area contributed by atoms with Gasteiger partial charge in [-0.2, -0.15) is 0 Å². The summed E-state index contributed by atoms with van der Waals surface area (Å²) in [4.78, 5) is 19.2. The minimum Gasteiger partial charge on any atom is -0.493 e. The van der Waals surface area contributed by atoms with Gasteiger partial charge in [0, 0.05) is 16.6 Å². The molecule has 1 aliphatic rings. The number of nitrogen functional groups attached to an aromatic ring is 1. The zero-order chi connectivity index (χ0) is 19.1. The molecule has 0 bridgehead atoms. The van der Waals surface area contributed by atoms with Crippen molar-refractivity contribution in [3.05, 3.63) is 39.9 Å². The summed E-state index contributed by atoms with van der Waals surface area (Å²) < 4.78 is 16.0. The molecule has 3 aromatic rings. The number of nitrogens with zero attached hydrogens (tertiary/aromatic N) is 1. The fourth-order valence-corrected chi connectivity index (χ4v) is 4.57. The van der Waals surface area contributed by atoms with Crippen LogP contribution in [0.3, 0.4) is 0 Å². The van der Waals surface area contributed by atoms with E-state index in [1.807, 2.05) is 0 Å². The zero-order valence-corrected chi connectivity index (χ0v) is 16.2. The first kappa shape index (κ1) is 17.6. The number of carbonyl (C=O) groups is 1. The Morgan fingerprint density at radius 2 is 1.78 bits per heavy atom. The average Bonchev–Trinajstić information content (AvgIpc) is 3.28. The summed E-state index contributed by atoms with van der Waals surface area (Å²) in [7, 11) is 4.56. The zero-order valence-electron chi connectivity index (χ0n) is 15.4. The first-order valence-electron chi connectivity index (χ1n) is 8.62. The second-order valence-corrected chi connectivity index (χ2v) is 7.39. The maximum absolute atomic E-state index is 13.2. The monoisotopic (exact) mass is 384 g/mol. The second kappa shape index (κ2) is 6.74. The summed E-state index contributed by atoms with van der Waals surface area (Å²) in [5.41, 5.74) is 9.60. The van der Waals surface area contributed by atoms with Crippen LogP contribution in [-0.2, 0) is 12.8 Å². The number of aryl methyl sites for hydroxylation is 2. The molecule has 0 radical (unpaired) electrons. The average molecular weight is 384 g/mol. The van der Waals surface area contributed by atoms with Crippen LogP contribution in [0.5, 0.6) is 17.2 Å². The van der Waals surface area contributed by atoms with E-state index in [-0.39, 0.29) is 5.78 Å². The molecule has 27 heavy (non-hydrogen) atoms. The predicted octanol–water partition coefficient (Wildman–Crippen LogP) is 3.62. The molecule has 2 N–H and O–H groups in total. The smallest absolute Gasteiger partial charge is 0.205 e. The Morgan fingerprint density at radius 3 is 2.41 bits per heavy atom. The highest BCUT2D eigenvalue weighted by Gasteiger charge is 2.24. The van der Waals surface area contributed by atoms with Gasteiger partial charge in [-0.25, -0.2) is 4.98 Å². The number of anilines is 1. The van der Waals surface area contributed by atoms with E-state index in [1.165, 1.54) is 38.2 Å².